The normalized spacial score (nSPS) is 25.9. The lowest BCUT2D eigenvalue weighted by Crippen LogP contribution is -2.59. The van der Waals surface area contributed by atoms with Gasteiger partial charge < -0.3 is 14.8 Å². The van der Waals surface area contributed by atoms with Gasteiger partial charge in [0.1, 0.15) is 17.1 Å². The molecule has 1 fully saturated rings. The molecule has 0 bridgehead atoms. The van der Waals surface area contributed by atoms with Gasteiger partial charge in [-0.15, -0.1) is 0 Å². The van der Waals surface area contributed by atoms with Crippen LogP contribution < -0.4 is 5.32 Å². The van der Waals surface area contributed by atoms with Crippen molar-refractivity contribution in [2.24, 2.45) is 5.92 Å². The highest BCUT2D eigenvalue weighted by atomic mass is 16.4. The van der Waals surface area contributed by atoms with Crippen molar-refractivity contribution in [1.29, 1.82) is 0 Å². The summed E-state index contributed by atoms with van der Waals surface area (Å²) < 4.78 is 5.33. The minimum absolute atomic E-state index is 0.0769. The molecular weight excluding hydrogens is 270 g/mol. The van der Waals surface area contributed by atoms with Gasteiger partial charge in [-0.05, 0) is 43.9 Å². The molecule has 1 amide bonds. The van der Waals surface area contributed by atoms with E-state index in [9.17, 15) is 14.7 Å². The third-order valence-corrected chi connectivity index (χ3v) is 4.19. The molecule has 0 aliphatic heterocycles. The quantitative estimate of drug-likeness (QED) is 0.836. The van der Waals surface area contributed by atoms with Crippen molar-refractivity contribution in [3.05, 3.63) is 29.7 Å². The van der Waals surface area contributed by atoms with Gasteiger partial charge in [0.2, 0.25) is 5.91 Å². The molecule has 2 rings (SSSR count). The molecule has 1 aromatic rings. The molecule has 1 saturated carbocycles. The van der Waals surface area contributed by atoms with E-state index in [4.69, 9.17) is 4.42 Å². The van der Waals surface area contributed by atoms with Gasteiger partial charge in [-0.1, -0.05) is 19.8 Å². The Morgan fingerprint density at radius 3 is 2.76 bits per heavy atom. The highest BCUT2D eigenvalue weighted by Crippen LogP contribution is 2.34. The van der Waals surface area contributed by atoms with Gasteiger partial charge in [-0.2, -0.15) is 0 Å². The summed E-state index contributed by atoms with van der Waals surface area (Å²) in [6.45, 7) is 3.70. The van der Waals surface area contributed by atoms with Crippen LogP contribution in [-0.4, -0.2) is 22.5 Å². The van der Waals surface area contributed by atoms with Crippen LogP contribution in [0.25, 0.3) is 6.08 Å². The van der Waals surface area contributed by atoms with Crippen LogP contribution in [0.1, 0.15) is 44.1 Å². The van der Waals surface area contributed by atoms with Crippen molar-refractivity contribution in [2.45, 2.75) is 45.1 Å². The second kappa shape index (κ2) is 6.16. The van der Waals surface area contributed by atoms with E-state index in [1.165, 1.54) is 6.08 Å². The Balaban J connectivity index is 2.08. The molecule has 5 heteroatoms. The predicted molar refractivity (Wildman–Crippen MR) is 78.6 cm³/mol. The SMILES string of the molecule is Cc1ccc(/C=C/C(=O)NC2(C(=O)O)CCCCC2C)o1. The monoisotopic (exact) mass is 291 g/mol. The Hall–Kier alpha value is -2.04. The van der Waals surface area contributed by atoms with Crippen LogP contribution in [0.5, 0.6) is 0 Å². The largest absolute Gasteiger partial charge is 0.479 e. The van der Waals surface area contributed by atoms with Crippen LogP contribution in [0.4, 0.5) is 0 Å². The molecule has 5 nitrogen and oxygen atoms in total. The number of carboxylic acid groups (broad SMARTS) is 1. The van der Waals surface area contributed by atoms with Crippen LogP contribution in [0.3, 0.4) is 0 Å². The Bertz CT molecular complexity index is 560. The smallest absolute Gasteiger partial charge is 0.329 e. The van der Waals surface area contributed by atoms with Crippen molar-refractivity contribution in [2.75, 3.05) is 0 Å². The molecule has 2 unspecified atom stereocenters. The summed E-state index contributed by atoms with van der Waals surface area (Å²) >= 11 is 0. The number of carbonyl (C=O) groups is 2. The maximum Gasteiger partial charge on any atom is 0.329 e. The van der Waals surface area contributed by atoms with Crippen LogP contribution in [0.2, 0.25) is 0 Å². The molecule has 0 spiro atoms. The van der Waals surface area contributed by atoms with Gasteiger partial charge in [0.05, 0.1) is 0 Å². The summed E-state index contributed by atoms with van der Waals surface area (Å²) in [5.41, 5.74) is -1.15. The minimum Gasteiger partial charge on any atom is -0.479 e. The van der Waals surface area contributed by atoms with Gasteiger partial charge in [-0.25, -0.2) is 4.79 Å². The Morgan fingerprint density at radius 1 is 1.43 bits per heavy atom. The second-order valence-electron chi connectivity index (χ2n) is 5.69. The number of rotatable bonds is 4. The molecule has 1 aliphatic carbocycles. The zero-order valence-corrected chi connectivity index (χ0v) is 12.4. The van der Waals surface area contributed by atoms with Crippen molar-refractivity contribution in [3.63, 3.8) is 0 Å². The highest BCUT2D eigenvalue weighted by Gasteiger charge is 2.45. The van der Waals surface area contributed by atoms with Gasteiger partial charge in [0, 0.05) is 6.08 Å². The van der Waals surface area contributed by atoms with E-state index >= 15 is 0 Å². The Morgan fingerprint density at radius 2 is 2.19 bits per heavy atom. The molecule has 2 atom stereocenters. The van der Waals surface area contributed by atoms with Gasteiger partial charge in [0.15, 0.2) is 0 Å². The lowest BCUT2D eigenvalue weighted by molar-refractivity contribution is -0.151. The highest BCUT2D eigenvalue weighted by molar-refractivity contribution is 5.95. The summed E-state index contributed by atoms with van der Waals surface area (Å²) in [5, 5.41) is 12.2. The summed E-state index contributed by atoms with van der Waals surface area (Å²) in [6, 6.07) is 3.56. The zero-order chi connectivity index (χ0) is 15.5. The first-order valence-corrected chi connectivity index (χ1v) is 7.24. The van der Waals surface area contributed by atoms with Crippen LogP contribution in [0.15, 0.2) is 22.6 Å². The van der Waals surface area contributed by atoms with Crippen molar-refractivity contribution < 1.29 is 19.1 Å². The number of nitrogens with one attached hydrogen (secondary N) is 1. The third-order valence-electron chi connectivity index (χ3n) is 4.19. The standard InChI is InChI=1S/C16H21NO4/c1-11-5-3-4-10-16(11,15(19)20)17-14(18)9-8-13-7-6-12(2)21-13/h6-9,11H,3-5,10H2,1-2H3,(H,17,18)(H,19,20)/b9-8+. The number of hydrogen-bond donors (Lipinski definition) is 2. The van der Waals surface area contributed by atoms with E-state index in [0.29, 0.717) is 12.2 Å². The maximum atomic E-state index is 12.0. The predicted octanol–water partition coefficient (Wildman–Crippen LogP) is 2.75. The van der Waals surface area contributed by atoms with Crippen molar-refractivity contribution in [3.8, 4) is 0 Å². The van der Waals surface area contributed by atoms with E-state index in [0.717, 1.165) is 25.0 Å². The fourth-order valence-electron chi connectivity index (χ4n) is 2.87. The summed E-state index contributed by atoms with van der Waals surface area (Å²) in [7, 11) is 0. The first-order valence-electron chi connectivity index (χ1n) is 7.24. The molecule has 2 N–H and O–H groups in total. The lowest BCUT2D eigenvalue weighted by atomic mass is 9.73. The molecule has 1 aliphatic rings. The lowest BCUT2D eigenvalue weighted by Gasteiger charge is -2.39. The summed E-state index contributed by atoms with van der Waals surface area (Å²) in [5.74, 6) is -0.0980. The van der Waals surface area contributed by atoms with Gasteiger partial charge >= 0.3 is 5.97 Å². The second-order valence-corrected chi connectivity index (χ2v) is 5.69. The van der Waals surface area contributed by atoms with Crippen LogP contribution >= 0.6 is 0 Å². The Kier molecular flexibility index (Phi) is 4.50. The van der Waals surface area contributed by atoms with Crippen LogP contribution in [-0.2, 0) is 9.59 Å². The molecule has 114 valence electrons. The van der Waals surface area contributed by atoms with Crippen LogP contribution in [0, 0.1) is 12.8 Å². The van der Waals surface area contributed by atoms with Gasteiger partial charge in [0.25, 0.3) is 0 Å². The van der Waals surface area contributed by atoms with E-state index in [2.05, 4.69) is 5.32 Å². The number of aliphatic carboxylic acids is 1. The number of hydrogen-bond acceptors (Lipinski definition) is 3. The van der Waals surface area contributed by atoms with E-state index in [-0.39, 0.29) is 5.92 Å². The first-order chi connectivity index (χ1) is 9.94. The fourth-order valence-corrected chi connectivity index (χ4v) is 2.87. The summed E-state index contributed by atoms with van der Waals surface area (Å²) in [6.07, 6.45) is 5.98. The van der Waals surface area contributed by atoms with Crippen molar-refractivity contribution >= 4 is 18.0 Å². The average Bonchev–Trinajstić information content (AvgIpc) is 2.85. The average molecular weight is 291 g/mol. The van der Waals surface area contributed by atoms with Crippen molar-refractivity contribution in [1.82, 2.24) is 5.32 Å². The number of carboxylic acids is 1. The van der Waals surface area contributed by atoms with E-state index < -0.39 is 17.4 Å². The molecule has 0 saturated heterocycles. The minimum atomic E-state index is -1.15. The Labute approximate surface area is 124 Å². The molecule has 1 heterocycles. The summed E-state index contributed by atoms with van der Waals surface area (Å²) in [4.78, 5) is 23.7. The van der Waals surface area contributed by atoms with E-state index in [1.807, 2.05) is 13.8 Å². The number of carbonyl (C=O) groups excluding carboxylic acids is 1. The first kappa shape index (κ1) is 15.4. The number of amides is 1. The molecule has 21 heavy (non-hydrogen) atoms. The third kappa shape index (κ3) is 3.35. The number of aryl methyl sites for hydroxylation is 1. The molecular formula is C16H21NO4. The zero-order valence-electron chi connectivity index (χ0n) is 12.4. The topological polar surface area (TPSA) is 79.5 Å². The van der Waals surface area contributed by atoms with Gasteiger partial charge in [-0.3, -0.25) is 4.79 Å². The fraction of sp³-hybridized carbons (Fsp3) is 0.500. The maximum absolute atomic E-state index is 12.0. The molecule has 0 aromatic carbocycles. The number of furan rings is 1. The molecule has 1 aromatic heterocycles. The van der Waals surface area contributed by atoms with E-state index in [1.54, 1.807) is 18.2 Å². The molecule has 0 radical (unpaired) electrons.